The molecule has 1 fully saturated rings. The van der Waals surface area contributed by atoms with Crippen molar-refractivity contribution >= 4 is 23.1 Å². The molecule has 7 nitrogen and oxygen atoms in total. The Labute approximate surface area is 219 Å². The standard InChI is InChI=1S/C25H25F5N4O3S/c1-36-12-7-31-24-23(25(35)37-22-20(29)18(27)17(26)19(28)21(22)30)38-16(32-24)14-34-10-8-33(9-11-34)13-15-5-3-2-4-6-15/h2-6,31H,7-14H2,1H3. The molecular formula is C25H25F5N4O3S. The van der Waals surface area contributed by atoms with E-state index in [1.807, 2.05) is 18.2 Å². The zero-order valence-electron chi connectivity index (χ0n) is 20.4. The quantitative estimate of drug-likeness (QED) is 0.0990. The Bertz CT molecular complexity index is 1240. The molecule has 1 aromatic heterocycles. The number of rotatable bonds is 10. The largest absolute Gasteiger partial charge is 0.416 e. The van der Waals surface area contributed by atoms with Crippen LogP contribution in [0.2, 0.25) is 0 Å². The summed E-state index contributed by atoms with van der Waals surface area (Å²) in [6, 6.07) is 10.1. The average molecular weight is 557 g/mol. The SMILES string of the molecule is COCCNc1nc(CN2CCN(Cc3ccccc3)CC2)sc1C(=O)Oc1c(F)c(F)c(F)c(F)c1F. The number of nitrogens with zero attached hydrogens (tertiary/aromatic N) is 3. The zero-order valence-corrected chi connectivity index (χ0v) is 21.2. The van der Waals surface area contributed by atoms with Gasteiger partial charge < -0.3 is 14.8 Å². The summed E-state index contributed by atoms with van der Waals surface area (Å²) in [5.74, 6) is -14.1. The Kier molecular flexibility index (Phi) is 9.26. The lowest BCUT2D eigenvalue weighted by molar-refractivity contribution is 0.0721. The van der Waals surface area contributed by atoms with Gasteiger partial charge in [0.15, 0.2) is 10.7 Å². The maximum Gasteiger partial charge on any atom is 0.357 e. The second kappa shape index (κ2) is 12.6. The molecule has 1 N–H and O–H groups in total. The van der Waals surface area contributed by atoms with Gasteiger partial charge in [-0.05, 0) is 5.56 Å². The minimum atomic E-state index is -2.34. The third kappa shape index (κ3) is 6.46. The smallest absolute Gasteiger partial charge is 0.357 e. The second-order valence-electron chi connectivity index (χ2n) is 8.53. The molecule has 13 heteroatoms. The minimum absolute atomic E-state index is 0.0682. The molecule has 0 atom stereocenters. The van der Waals surface area contributed by atoms with Gasteiger partial charge in [-0.15, -0.1) is 11.3 Å². The molecule has 0 unspecified atom stereocenters. The predicted molar refractivity (Wildman–Crippen MR) is 131 cm³/mol. The second-order valence-corrected chi connectivity index (χ2v) is 9.61. The van der Waals surface area contributed by atoms with Gasteiger partial charge in [-0.25, -0.2) is 22.9 Å². The first-order valence-corrected chi connectivity index (χ1v) is 12.5. The number of aromatic nitrogens is 1. The molecule has 2 heterocycles. The van der Waals surface area contributed by atoms with Crippen LogP contribution in [0.25, 0.3) is 0 Å². The fraction of sp³-hybridized carbons (Fsp3) is 0.360. The molecule has 3 aromatic rings. The predicted octanol–water partition coefficient (Wildman–Crippen LogP) is 4.43. The Morgan fingerprint density at radius 3 is 2.11 bits per heavy atom. The van der Waals surface area contributed by atoms with E-state index in [0.29, 0.717) is 11.6 Å². The van der Waals surface area contributed by atoms with Crippen LogP contribution >= 0.6 is 11.3 Å². The third-order valence-electron chi connectivity index (χ3n) is 5.89. The van der Waals surface area contributed by atoms with E-state index >= 15 is 0 Å². The summed E-state index contributed by atoms with van der Waals surface area (Å²) in [6.07, 6.45) is 0. The number of esters is 1. The highest BCUT2D eigenvalue weighted by Crippen LogP contribution is 2.32. The number of benzene rings is 2. The topological polar surface area (TPSA) is 66.9 Å². The fourth-order valence-electron chi connectivity index (χ4n) is 3.91. The molecule has 0 saturated carbocycles. The summed E-state index contributed by atoms with van der Waals surface area (Å²) < 4.78 is 78.2. The van der Waals surface area contributed by atoms with Crippen LogP contribution in [0.4, 0.5) is 27.8 Å². The number of nitrogens with one attached hydrogen (secondary N) is 1. The molecule has 2 aromatic carbocycles. The third-order valence-corrected chi connectivity index (χ3v) is 6.91. The van der Waals surface area contributed by atoms with Crippen LogP contribution in [0, 0.1) is 29.1 Å². The lowest BCUT2D eigenvalue weighted by Gasteiger charge is -2.34. The van der Waals surface area contributed by atoms with E-state index in [1.54, 1.807) is 0 Å². The number of hydrogen-bond donors (Lipinski definition) is 1. The van der Waals surface area contributed by atoms with Gasteiger partial charge in [0.2, 0.25) is 34.8 Å². The summed E-state index contributed by atoms with van der Waals surface area (Å²) in [5.41, 5.74) is 1.23. The van der Waals surface area contributed by atoms with Gasteiger partial charge in [-0.3, -0.25) is 9.80 Å². The summed E-state index contributed by atoms with van der Waals surface area (Å²) in [5, 5.41) is 3.40. The number of carbonyl (C=O) groups is 1. The number of carbonyl (C=O) groups excluding carboxylic acids is 1. The van der Waals surface area contributed by atoms with Gasteiger partial charge >= 0.3 is 5.97 Å². The Morgan fingerprint density at radius 1 is 0.921 bits per heavy atom. The van der Waals surface area contributed by atoms with Gasteiger partial charge in [0.05, 0.1) is 13.2 Å². The first kappa shape index (κ1) is 27.9. The van der Waals surface area contributed by atoms with Crippen LogP contribution in [0.1, 0.15) is 20.2 Å². The van der Waals surface area contributed by atoms with Gasteiger partial charge in [0, 0.05) is 46.4 Å². The van der Waals surface area contributed by atoms with Gasteiger partial charge in [-0.2, -0.15) is 8.78 Å². The van der Waals surface area contributed by atoms with Crippen molar-refractivity contribution in [1.82, 2.24) is 14.8 Å². The van der Waals surface area contributed by atoms with Crippen LogP contribution in [0.5, 0.6) is 5.75 Å². The average Bonchev–Trinajstić information content (AvgIpc) is 3.33. The molecular weight excluding hydrogens is 531 g/mol. The summed E-state index contributed by atoms with van der Waals surface area (Å²) >= 11 is 0.915. The van der Waals surface area contributed by atoms with Crippen LogP contribution in [0.15, 0.2) is 30.3 Å². The minimum Gasteiger partial charge on any atom is -0.416 e. The van der Waals surface area contributed by atoms with Crippen molar-refractivity contribution in [2.24, 2.45) is 0 Å². The van der Waals surface area contributed by atoms with Crippen molar-refractivity contribution in [3.05, 3.63) is 74.9 Å². The number of methoxy groups -OCH3 is 1. The Hall–Kier alpha value is -3.13. The highest BCUT2D eigenvalue weighted by molar-refractivity contribution is 7.14. The van der Waals surface area contributed by atoms with Gasteiger partial charge in [0.25, 0.3) is 0 Å². The van der Waals surface area contributed by atoms with Crippen LogP contribution in [0.3, 0.4) is 0 Å². The highest BCUT2D eigenvalue weighted by atomic mass is 32.1. The van der Waals surface area contributed by atoms with E-state index in [0.717, 1.165) is 44.1 Å². The molecule has 0 spiro atoms. The molecule has 204 valence electrons. The maximum absolute atomic E-state index is 14.1. The van der Waals surface area contributed by atoms with Crippen molar-refractivity contribution < 1.29 is 36.2 Å². The van der Waals surface area contributed by atoms with E-state index in [1.165, 1.54) is 12.7 Å². The van der Waals surface area contributed by atoms with Crippen molar-refractivity contribution in [3.63, 3.8) is 0 Å². The van der Waals surface area contributed by atoms with E-state index < -0.39 is 40.8 Å². The molecule has 0 radical (unpaired) electrons. The normalized spacial score (nSPS) is 14.6. The summed E-state index contributed by atoms with van der Waals surface area (Å²) in [4.78, 5) is 21.5. The molecule has 4 rings (SSSR count). The van der Waals surface area contributed by atoms with E-state index in [4.69, 9.17) is 4.74 Å². The number of anilines is 1. The zero-order chi connectivity index (χ0) is 27.2. The molecule has 0 bridgehead atoms. The number of ether oxygens (including phenoxy) is 2. The number of thiazole rings is 1. The fourth-order valence-corrected chi connectivity index (χ4v) is 4.87. The lowest BCUT2D eigenvalue weighted by atomic mass is 10.2. The molecule has 1 saturated heterocycles. The monoisotopic (exact) mass is 556 g/mol. The number of hydrogen-bond acceptors (Lipinski definition) is 8. The van der Waals surface area contributed by atoms with Crippen molar-refractivity contribution in [2.45, 2.75) is 13.1 Å². The molecule has 1 aliphatic heterocycles. The van der Waals surface area contributed by atoms with E-state index in [-0.39, 0.29) is 23.8 Å². The van der Waals surface area contributed by atoms with Crippen molar-refractivity contribution in [2.75, 3.05) is 51.8 Å². The van der Waals surface area contributed by atoms with Crippen LogP contribution in [-0.2, 0) is 17.8 Å². The highest BCUT2D eigenvalue weighted by Gasteiger charge is 2.31. The molecule has 1 aliphatic rings. The molecule has 0 amide bonds. The summed E-state index contributed by atoms with van der Waals surface area (Å²) in [6.45, 7) is 4.92. The lowest BCUT2D eigenvalue weighted by Crippen LogP contribution is -2.45. The first-order chi connectivity index (χ1) is 18.3. The Balaban J connectivity index is 1.46. The summed E-state index contributed by atoms with van der Waals surface area (Å²) in [7, 11) is 1.48. The van der Waals surface area contributed by atoms with Crippen molar-refractivity contribution in [3.8, 4) is 5.75 Å². The number of piperazine rings is 1. The maximum atomic E-state index is 14.1. The molecule has 38 heavy (non-hydrogen) atoms. The van der Waals surface area contributed by atoms with E-state index in [9.17, 15) is 26.7 Å². The molecule has 0 aliphatic carbocycles. The Morgan fingerprint density at radius 2 is 1.50 bits per heavy atom. The first-order valence-electron chi connectivity index (χ1n) is 11.7. The van der Waals surface area contributed by atoms with Crippen molar-refractivity contribution in [1.29, 1.82) is 0 Å². The van der Waals surface area contributed by atoms with E-state index in [2.05, 4.69) is 37.0 Å². The number of halogens is 5. The van der Waals surface area contributed by atoms with Crippen LogP contribution < -0.4 is 10.1 Å². The van der Waals surface area contributed by atoms with Gasteiger partial charge in [0.1, 0.15) is 5.01 Å². The van der Waals surface area contributed by atoms with Crippen LogP contribution in [-0.4, -0.2) is 67.2 Å². The van der Waals surface area contributed by atoms with Gasteiger partial charge in [-0.1, -0.05) is 30.3 Å².